The molecule has 0 amide bonds. The number of hydrogen-bond acceptors (Lipinski definition) is 6. The quantitative estimate of drug-likeness (QED) is 0.137. The van der Waals surface area contributed by atoms with Gasteiger partial charge in [-0.05, 0) is 25.5 Å². The fourth-order valence-electron chi connectivity index (χ4n) is 2.33. The highest BCUT2D eigenvalue weighted by atomic mass is 31.2. The van der Waals surface area contributed by atoms with Gasteiger partial charge in [0.2, 0.25) is 0 Å². The van der Waals surface area contributed by atoms with Crippen molar-refractivity contribution in [2.75, 3.05) is 39.2 Å². The Morgan fingerprint density at radius 3 is 2.26 bits per heavy atom. The molecule has 0 bridgehead atoms. The van der Waals surface area contributed by atoms with Crippen molar-refractivity contribution >= 4 is 7.60 Å². The summed E-state index contributed by atoms with van der Waals surface area (Å²) in [4.78, 5) is 5.21. The summed E-state index contributed by atoms with van der Waals surface area (Å²) in [6.45, 7) is 6.39. The molecular formula is C20H35O6P. The third-order valence-corrected chi connectivity index (χ3v) is 5.47. The van der Waals surface area contributed by atoms with Crippen molar-refractivity contribution in [2.24, 2.45) is 0 Å². The van der Waals surface area contributed by atoms with Gasteiger partial charge in [0.15, 0.2) is 5.75 Å². The Bertz CT molecular complexity index is 497. The van der Waals surface area contributed by atoms with Gasteiger partial charge >= 0.3 is 7.60 Å². The van der Waals surface area contributed by atoms with Crippen LogP contribution < -0.4 is 4.89 Å². The third kappa shape index (κ3) is 13.0. The molecule has 156 valence electrons. The van der Waals surface area contributed by atoms with Crippen LogP contribution in [0.25, 0.3) is 0 Å². The summed E-state index contributed by atoms with van der Waals surface area (Å²) in [7, 11) is -3.39. The first kappa shape index (κ1) is 24.1. The predicted octanol–water partition coefficient (Wildman–Crippen LogP) is 5.62. The van der Waals surface area contributed by atoms with Crippen molar-refractivity contribution in [3.05, 3.63) is 30.3 Å². The highest BCUT2D eigenvalue weighted by Crippen LogP contribution is 2.48. The number of para-hydroxylation sites is 1. The molecule has 1 rings (SSSR count). The highest BCUT2D eigenvalue weighted by molar-refractivity contribution is 7.53. The van der Waals surface area contributed by atoms with Crippen molar-refractivity contribution in [1.29, 1.82) is 0 Å². The first-order chi connectivity index (χ1) is 13.2. The van der Waals surface area contributed by atoms with Gasteiger partial charge in [0.05, 0.1) is 32.6 Å². The Morgan fingerprint density at radius 1 is 0.815 bits per heavy atom. The first-order valence-corrected chi connectivity index (χ1v) is 11.7. The highest BCUT2D eigenvalue weighted by Gasteiger charge is 2.27. The standard InChI is InChI=1S/C20H35O6P/c1-3-5-6-7-8-12-15-24-27(21,19-18-23-17-16-22-4-2)26-25-20-13-10-9-11-14-20/h9-11,13-14H,3-8,12,15-19H2,1-2H3. The van der Waals surface area contributed by atoms with Crippen LogP contribution in [0.4, 0.5) is 0 Å². The summed E-state index contributed by atoms with van der Waals surface area (Å²) in [5.41, 5.74) is 0. The maximum atomic E-state index is 12.9. The molecule has 0 aromatic heterocycles. The second-order valence-electron chi connectivity index (χ2n) is 6.22. The molecule has 0 saturated heterocycles. The first-order valence-electron chi connectivity index (χ1n) is 10.0. The molecule has 1 aromatic rings. The topological polar surface area (TPSA) is 63.2 Å². The molecule has 7 heteroatoms. The van der Waals surface area contributed by atoms with Crippen molar-refractivity contribution in [1.82, 2.24) is 0 Å². The third-order valence-electron chi connectivity index (χ3n) is 3.86. The second-order valence-corrected chi connectivity index (χ2v) is 8.29. The van der Waals surface area contributed by atoms with Crippen molar-refractivity contribution in [2.45, 2.75) is 52.4 Å². The molecule has 0 aliphatic carbocycles. The van der Waals surface area contributed by atoms with Crippen molar-refractivity contribution in [3.63, 3.8) is 0 Å². The van der Waals surface area contributed by atoms with Gasteiger partial charge in [0, 0.05) is 6.61 Å². The summed E-state index contributed by atoms with van der Waals surface area (Å²) < 4.78 is 34.4. The van der Waals surface area contributed by atoms with Gasteiger partial charge in [0.1, 0.15) is 0 Å². The van der Waals surface area contributed by atoms with E-state index in [0.29, 0.717) is 32.2 Å². The molecule has 0 fully saturated rings. The zero-order valence-electron chi connectivity index (χ0n) is 16.8. The monoisotopic (exact) mass is 402 g/mol. The number of rotatable bonds is 18. The molecular weight excluding hydrogens is 367 g/mol. The fourth-order valence-corrected chi connectivity index (χ4v) is 3.53. The maximum Gasteiger partial charge on any atom is 0.371 e. The Kier molecular flexibility index (Phi) is 14.4. The van der Waals surface area contributed by atoms with Crippen LogP contribution in [0.1, 0.15) is 52.4 Å². The molecule has 0 N–H and O–H groups in total. The van der Waals surface area contributed by atoms with Crippen molar-refractivity contribution in [3.8, 4) is 5.75 Å². The van der Waals surface area contributed by atoms with E-state index in [1.54, 1.807) is 12.1 Å². The van der Waals surface area contributed by atoms with Gasteiger partial charge in [-0.3, -0.25) is 4.57 Å². The molecule has 0 radical (unpaired) electrons. The van der Waals surface area contributed by atoms with E-state index >= 15 is 0 Å². The van der Waals surface area contributed by atoms with Crippen molar-refractivity contribution < 1.29 is 28.1 Å². The average molecular weight is 402 g/mol. The van der Waals surface area contributed by atoms with Crippen LogP contribution in [-0.2, 0) is 23.2 Å². The number of hydrogen-bond donors (Lipinski definition) is 0. The fraction of sp³-hybridized carbons (Fsp3) is 0.700. The molecule has 0 saturated carbocycles. The minimum absolute atomic E-state index is 0.141. The Hall–Kier alpha value is -0.910. The second kappa shape index (κ2) is 16.1. The lowest BCUT2D eigenvalue weighted by Gasteiger charge is -2.17. The van der Waals surface area contributed by atoms with E-state index in [1.807, 2.05) is 25.1 Å². The van der Waals surface area contributed by atoms with Gasteiger partial charge in [-0.25, -0.2) is 0 Å². The lowest BCUT2D eigenvalue weighted by Crippen LogP contribution is -2.11. The number of benzene rings is 1. The normalized spacial score (nSPS) is 13.4. The molecule has 0 heterocycles. The van der Waals surface area contributed by atoms with Crippen LogP contribution in [0.5, 0.6) is 5.75 Å². The van der Waals surface area contributed by atoms with E-state index in [2.05, 4.69) is 6.92 Å². The van der Waals surface area contributed by atoms with E-state index in [0.717, 1.165) is 12.8 Å². The van der Waals surface area contributed by atoms with Gasteiger partial charge in [0.25, 0.3) is 0 Å². The van der Waals surface area contributed by atoms with Gasteiger partial charge in [-0.15, -0.1) is 0 Å². The van der Waals surface area contributed by atoms with Crippen LogP contribution in [0.15, 0.2) is 30.3 Å². The molecule has 6 nitrogen and oxygen atoms in total. The molecule has 1 atom stereocenters. The summed E-state index contributed by atoms with van der Waals surface area (Å²) in [5, 5.41) is 0. The van der Waals surface area contributed by atoms with Crippen LogP contribution >= 0.6 is 7.60 Å². The summed E-state index contributed by atoms with van der Waals surface area (Å²) in [6.07, 6.45) is 6.94. The zero-order chi connectivity index (χ0) is 19.6. The molecule has 1 aromatic carbocycles. The molecule has 0 aliphatic heterocycles. The van der Waals surface area contributed by atoms with Crippen LogP contribution in [0, 0.1) is 0 Å². The molecule has 0 spiro atoms. The van der Waals surface area contributed by atoms with Crippen LogP contribution in [0.2, 0.25) is 0 Å². The smallest absolute Gasteiger partial charge is 0.371 e. The van der Waals surface area contributed by atoms with E-state index < -0.39 is 7.60 Å². The Morgan fingerprint density at radius 2 is 1.52 bits per heavy atom. The lowest BCUT2D eigenvalue weighted by atomic mass is 10.1. The van der Waals surface area contributed by atoms with Gasteiger partial charge in [-0.2, -0.15) is 0 Å². The maximum absolute atomic E-state index is 12.9. The van der Waals surface area contributed by atoms with Gasteiger partial charge in [-0.1, -0.05) is 61.9 Å². The average Bonchev–Trinajstić information content (AvgIpc) is 2.69. The van der Waals surface area contributed by atoms with Gasteiger partial charge < -0.3 is 18.9 Å². The van der Waals surface area contributed by atoms with Crippen LogP contribution in [0.3, 0.4) is 0 Å². The summed E-state index contributed by atoms with van der Waals surface area (Å²) in [6, 6.07) is 8.97. The molecule has 1 unspecified atom stereocenters. The predicted molar refractivity (Wildman–Crippen MR) is 107 cm³/mol. The zero-order valence-corrected chi connectivity index (χ0v) is 17.7. The van der Waals surface area contributed by atoms with E-state index in [1.165, 1.54) is 25.7 Å². The summed E-state index contributed by atoms with van der Waals surface area (Å²) >= 11 is 0. The number of unbranched alkanes of at least 4 members (excludes halogenated alkanes) is 5. The largest absolute Gasteiger partial charge is 0.379 e. The van der Waals surface area contributed by atoms with E-state index in [9.17, 15) is 4.57 Å². The minimum atomic E-state index is -3.39. The lowest BCUT2D eigenvalue weighted by molar-refractivity contribution is -0.113. The molecule has 27 heavy (non-hydrogen) atoms. The van der Waals surface area contributed by atoms with Crippen LogP contribution in [-0.4, -0.2) is 39.2 Å². The molecule has 0 aliphatic rings. The van der Waals surface area contributed by atoms with E-state index in [-0.39, 0.29) is 12.8 Å². The summed E-state index contributed by atoms with van der Waals surface area (Å²) in [5.74, 6) is 0.484. The van der Waals surface area contributed by atoms with E-state index in [4.69, 9.17) is 23.6 Å². The Balaban J connectivity index is 2.36. The minimum Gasteiger partial charge on any atom is -0.379 e. The SMILES string of the molecule is CCCCCCCCOP(=O)(CCOCCOCC)OOc1ccccc1. The Labute approximate surface area is 164 Å². The number of ether oxygens (including phenoxy) is 2.